The van der Waals surface area contributed by atoms with Gasteiger partial charge in [0.05, 0.1) is 22.7 Å². The molecule has 3 rings (SSSR count). The Labute approximate surface area is 145 Å². The summed E-state index contributed by atoms with van der Waals surface area (Å²) in [5.74, 6) is -0.322. The van der Waals surface area contributed by atoms with Crippen LogP contribution < -0.4 is 0 Å². The van der Waals surface area contributed by atoms with Crippen molar-refractivity contribution in [2.24, 2.45) is 16.7 Å². The Morgan fingerprint density at radius 3 is 2.42 bits per heavy atom. The minimum Gasteiger partial charge on any atom is -0.390 e. The van der Waals surface area contributed by atoms with E-state index in [0.717, 1.165) is 5.57 Å². The van der Waals surface area contributed by atoms with Crippen LogP contribution in [-0.4, -0.2) is 39.4 Å². The minimum absolute atomic E-state index is 0.0710. The average molecular weight is 336 g/mol. The van der Waals surface area contributed by atoms with E-state index in [0.29, 0.717) is 25.7 Å². The molecule has 6 atom stereocenters. The van der Waals surface area contributed by atoms with Gasteiger partial charge in [-0.25, -0.2) is 0 Å². The summed E-state index contributed by atoms with van der Waals surface area (Å²) in [6.07, 6.45) is 3.11. The normalized spacial score (nSPS) is 51.2. The van der Waals surface area contributed by atoms with Crippen LogP contribution in [0.4, 0.5) is 0 Å². The first-order valence-electron chi connectivity index (χ1n) is 9.19. The van der Waals surface area contributed by atoms with E-state index in [-0.39, 0.29) is 11.2 Å². The van der Waals surface area contributed by atoms with Gasteiger partial charge in [0.25, 0.3) is 0 Å². The SMILES string of the molecule is C/C=C(\C)[C@H]1O[C@]2(C)CC[C@@]3(O)C(C)(C)CCC(=O)[C@]3(C)[C@H]2[C@@H]1O. The number of carbonyl (C=O) groups excluding carboxylic acids is 1. The van der Waals surface area contributed by atoms with E-state index >= 15 is 0 Å². The van der Waals surface area contributed by atoms with Gasteiger partial charge in [0.15, 0.2) is 0 Å². The first-order valence-corrected chi connectivity index (χ1v) is 9.19. The van der Waals surface area contributed by atoms with E-state index < -0.39 is 34.7 Å². The second-order valence-electron chi connectivity index (χ2n) is 9.22. The predicted molar refractivity (Wildman–Crippen MR) is 92.5 cm³/mol. The van der Waals surface area contributed by atoms with E-state index in [1.54, 1.807) is 0 Å². The number of ether oxygens (including phenoxy) is 1. The lowest BCUT2D eigenvalue weighted by Crippen LogP contribution is -2.72. The third-order valence-corrected chi connectivity index (χ3v) is 7.75. The molecule has 0 aromatic rings. The van der Waals surface area contributed by atoms with Crippen molar-refractivity contribution < 1.29 is 19.7 Å². The van der Waals surface area contributed by atoms with Crippen LogP contribution in [0.1, 0.15) is 67.2 Å². The second-order valence-corrected chi connectivity index (χ2v) is 9.22. The molecule has 136 valence electrons. The van der Waals surface area contributed by atoms with Crippen molar-refractivity contribution in [1.82, 2.24) is 0 Å². The van der Waals surface area contributed by atoms with Crippen molar-refractivity contribution in [2.75, 3.05) is 0 Å². The maximum Gasteiger partial charge on any atom is 0.142 e. The van der Waals surface area contributed by atoms with Crippen LogP contribution >= 0.6 is 0 Å². The molecule has 3 fully saturated rings. The number of allylic oxidation sites excluding steroid dienone is 1. The van der Waals surface area contributed by atoms with E-state index in [4.69, 9.17) is 4.74 Å². The average Bonchev–Trinajstić information content (AvgIpc) is 2.79. The van der Waals surface area contributed by atoms with Gasteiger partial charge < -0.3 is 14.9 Å². The Bertz CT molecular complexity index is 594. The van der Waals surface area contributed by atoms with Gasteiger partial charge in [-0.3, -0.25) is 4.79 Å². The third-order valence-electron chi connectivity index (χ3n) is 7.75. The van der Waals surface area contributed by atoms with Crippen LogP contribution in [0.3, 0.4) is 0 Å². The highest BCUT2D eigenvalue weighted by atomic mass is 16.5. The van der Waals surface area contributed by atoms with Gasteiger partial charge in [0.2, 0.25) is 0 Å². The Hall–Kier alpha value is -0.710. The molecular formula is C20H32O4. The maximum absolute atomic E-state index is 13.1. The predicted octanol–water partition coefficient (Wildman–Crippen LogP) is 3.01. The first kappa shape index (κ1) is 18.1. The fourth-order valence-electron chi connectivity index (χ4n) is 5.95. The molecule has 2 N–H and O–H groups in total. The minimum atomic E-state index is -1.11. The summed E-state index contributed by atoms with van der Waals surface area (Å²) in [4.78, 5) is 13.1. The van der Waals surface area contributed by atoms with Gasteiger partial charge in [0, 0.05) is 12.3 Å². The lowest BCUT2D eigenvalue weighted by molar-refractivity contribution is -0.247. The fraction of sp³-hybridized carbons (Fsp3) is 0.850. The van der Waals surface area contributed by atoms with E-state index in [1.165, 1.54) is 0 Å². The zero-order valence-electron chi connectivity index (χ0n) is 15.8. The lowest BCUT2D eigenvalue weighted by atomic mass is 9.42. The van der Waals surface area contributed by atoms with Crippen LogP contribution in [-0.2, 0) is 9.53 Å². The van der Waals surface area contributed by atoms with Crippen LogP contribution in [0.5, 0.6) is 0 Å². The van der Waals surface area contributed by atoms with Gasteiger partial charge in [0.1, 0.15) is 11.9 Å². The summed E-state index contributed by atoms with van der Waals surface area (Å²) in [5.41, 5.74) is -2.05. The topological polar surface area (TPSA) is 66.8 Å². The molecule has 24 heavy (non-hydrogen) atoms. The van der Waals surface area contributed by atoms with Crippen molar-refractivity contribution >= 4 is 5.78 Å². The van der Waals surface area contributed by atoms with Crippen molar-refractivity contribution in [3.8, 4) is 0 Å². The number of carbonyl (C=O) groups is 1. The molecule has 1 aliphatic heterocycles. The molecule has 0 aromatic carbocycles. The number of aliphatic hydroxyl groups is 2. The van der Waals surface area contributed by atoms with Gasteiger partial charge in [-0.1, -0.05) is 19.9 Å². The highest BCUT2D eigenvalue weighted by Crippen LogP contribution is 2.66. The molecule has 0 amide bonds. The van der Waals surface area contributed by atoms with Gasteiger partial charge in [-0.2, -0.15) is 0 Å². The molecule has 4 nitrogen and oxygen atoms in total. The molecule has 2 aliphatic carbocycles. The second kappa shape index (κ2) is 5.15. The number of fused-ring (bicyclic) bond motifs is 3. The summed E-state index contributed by atoms with van der Waals surface area (Å²) < 4.78 is 6.31. The number of aliphatic hydroxyl groups excluding tert-OH is 1. The standard InChI is InChI=1S/C20H32O4/c1-7-12(2)15-14(22)16-18(5,24-15)10-11-20(23)17(3,4)9-8-13(21)19(16,20)6/h7,14-16,22-23H,8-11H2,1-6H3/b12-7+/t14-,15-,16+,18-,19-,20-/m1/s1. The Balaban J connectivity index is 2.15. The van der Waals surface area contributed by atoms with Gasteiger partial charge >= 0.3 is 0 Å². The van der Waals surface area contributed by atoms with Crippen LogP contribution in [0.25, 0.3) is 0 Å². The van der Waals surface area contributed by atoms with Gasteiger partial charge in [-0.15, -0.1) is 0 Å². The summed E-state index contributed by atoms with van der Waals surface area (Å²) in [7, 11) is 0. The number of hydrogen-bond donors (Lipinski definition) is 2. The summed E-state index contributed by atoms with van der Waals surface area (Å²) >= 11 is 0. The number of ketones is 1. The number of Topliss-reactive ketones (excluding diaryl/α,β-unsaturated/α-hetero) is 1. The molecule has 1 heterocycles. The van der Waals surface area contributed by atoms with E-state index in [9.17, 15) is 15.0 Å². The zero-order chi connectivity index (χ0) is 18.1. The summed E-state index contributed by atoms with van der Waals surface area (Å²) in [5, 5.41) is 22.8. The molecule has 0 aromatic heterocycles. The van der Waals surface area contributed by atoms with Gasteiger partial charge in [-0.05, 0) is 57.9 Å². The van der Waals surface area contributed by atoms with Crippen LogP contribution in [0.15, 0.2) is 11.6 Å². The summed E-state index contributed by atoms with van der Waals surface area (Å²) in [6, 6.07) is 0. The van der Waals surface area contributed by atoms with E-state index in [2.05, 4.69) is 13.8 Å². The number of rotatable bonds is 1. The Kier molecular flexibility index (Phi) is 3.88. The molecule has 0 spiro atoms. The molecule has 4 heteroatoms. The number of hydrogen-bond acceptors (Lipinski definition) is 4. The summed E-state index contributed by atoms with van der Waals surface area (Å²) in [6.45, 7) is 11.9. The smallest absolute Gasteiger partial charge is 0.142 e. The van der Waals surface area contributed by atoms with Crippen molar-refractivity contribution in [3.63, 3.8) is 0 Å². The third kappa shape index (κ3) is 1.94. The Morgan fingerprint density at radius 1 is 1.21 bits per heavy atom. The van der Waals surface area contributed by atoms with Crippen LogP contribution in [0, 0.1) is 16.7 Å². The highest BCUT2D eigenvalue weighted by molar-refractivity contribution is 5.88. The van der Waals surface area contributed by atoms with E-state index in [1.807, 2.05) is 33.8 Å². The largest absolute Gasteiger partial charge is 0.390 e. The Morgan fingerprint density at radius 2 is 1.83 bits per heavy atom. The first-order chi connectivity index (χ1) is 10.9. The molecule has 0 bridgehead atoms. The molecule has 2 saturated carbocycles. The molecule has 0 radical (unpaired) electrons. The molecular weight excluding hydrogens is 304 g/mol. The molecule has 0 unspecified atom stereocenters. The lowest BCUT2D eigenvalue weighted by Gasteiger charge is -2.64. The highest BCUT2D eigenvalue weighted by Gasteiger charge is 2.74. The van der Waals surface area contributed by atoms with Crippen molar-refractivity contribution in [3.05, 3.63) is 11.6 Å². The fourth-order valence-corrected chi connectivity index (χ4v) is 5.95. The monoisotopic (exact) mass is 336 g/mol. The molecule has 3 aliphatic rings. The maximum atomic E-state index is 13.1. The van der Waals surface area contributed by atoms with Crippen molar-refractivity contribution in [2.45, 2.75) is 90.6 Å². The van der Waals surface area contributed by atoms with Crippen LogP contribution in [0.2, 0.25) is 0 Å². The molecule has 1 saturated heterocycles. The van der Waals surface area contributed by atoms with Crippen molar-refractivity contribution in [1.29, 1.82) is 0 Å². The zero-order valence-corrected chi connectivity index (χ0v) is 15.8. The quantitative estimate of drug-likeness (QED) is 0.722.